The van der Waals surface area contributed by atoms with E-state index in [0.717, 1.165) is 19.5 Å². The second-order valence-electron chi connectivity index (χ2n) is 5.34. The van der Waals surface area contributed by atoms with Crippen LogP contribution in [0.1, 0.15) is 39.0 Å². The molecule has 0 radical (unpaired) electrons. The Morgan fingerprint density at radius 1 is 1.33 bits per heavy atom. The maximum atomic E-state index is 8.72. The summed E-state index contributed by atoms with van der Waals surface area (Å²) in [6, 6.07) is 2.31. The molecule has 1 aliphatic heterocycles. The van der Waals surface area contributed by atoms with E-state index in [1.54, 1.807) is 0 Å². The highest BCUT2D eigenvalue weighted by Gasteiger charge is 2.42. The molecule has 0 spiro atoms. The first-order valence-corrected chi connectivity index (χ1v) is 6.88. The third-order valence-corrected chi connectivity index (χ3v) is 5.25. The van der Waals surface area contributed by atoms with Crippen LogP contribution < -0.4 is 5.32 Å². The zero-order chi connectivity index (χ0) is 10.8. The van der Waals surface area contributed by atoms with E-state index < -0.39 is 0 Å². The average Bonchev–Trinajstić information content (AvgIpc) is 2.81. The van der Waals surface area contributed by atoms with E-state index in [1.807, 2.05) is 0 Å². The Hall–Kier alpha value is -0.200. The van der Waals surface area contributed by atoms with E-state index in [-0.39, 0.29) is 0 Å². The molecule has 0 aromatic carbocycles. The number of hydrogen-bond acceptors (Lipinski definition) is 3. The summed E-state index contributed by atoms with van der Waals surface area (Å²) in [5.41, 5.74) is 0.356. The molecular formula is C12H20N2S. The third kappa shape index (κ3) is 2.89. The predicted octanol–water partition coefficient (Wildman–Crippen LogP) is 2.56. The highest BCUT2D eigenvalue weighted by Crippen LogP contribution is 2.48. The lowest BCUT2D eigenvalue weighted by Gasteiger charge is -2.24. The third-order valence-electron chi connectivity index (χ3n) is 3.71. The number of hydrogen-bond donors (Lipinski definition) is 1. The summed E-state index contributed by atoms with van der Waals surface area (Å²) in [6.45, 7) is 4.53. The van der Waals surface area contributed by atoms with Crippen molar-refractivity contribution in [2.45, 2.75) is 43.8 Å². The van der Waals surface area contributed by atoms with E-state index in [1.165, 1.54) is 31.4 Å². The average molecular weight is 224 g/mol. The summed E-state index contributed by atoms with van der Waals surface area (Å²) in [6.07, 6.45) is 5.95. The van der Waals surface area contributed by atoms with Gasteiger partial charge in [0.2, 0.25) is 0 Å². The standard InChI is InChI=1S/C12H20N2S/c1-11(3-2-8-15-11)9-14-10-12(4-5-12)6-7-13/h14H,2-6,8-10H2,1H3. The fourth-order valence-electron chi connectivity index (χ4n) is 2.33. The van der Waals surface area contributed by atoms with E-state index in [0.29, 0.717) is 10.2 Å². The van der Waals surface area contributed by atoms with Crippen LogP contribution in [0.5, 0.6) is 0 Å². The quantitative estimate of drug-likeness (QED) is 0.779. The van der Waals surface area contributed by atoms with Gasteiger partial charge in [0, 0.05) is 24.3 Å². The molecule has 2 nitrogen and oxygen atoms in total. The molecule has 0 bridgehead atoms. The Balaban J connectivity index is 1.69. The van der Waals surface area contributed by atoms with Crippen molar-refractivity contribution in [3.05, 3.63) is 0 Å². The number of nitrogens with one attached hydrogen (secondary N) is 1. The molecule has 84 valence electrons. The van der Waals surface area contributed by atoms with Crippen LogP contribution in [-0.4, -0.2) is 23.6 Å². The molecule has 1 atom stereocenters. The van der Waals surface area contributed by atoms with Crippen LogP contribution in [0.2, 0.25) is 0 Å². The van der Waals surface area contributed by atoms with Crippen LogP contribution in [0.3, 0.4) is 0 Å². The van der Waals surface area contributed by atoms with Gasteiger partial charge in [0.05, 0.1) is 6.07 Å². The van der Waals surface area contributed by atoms with Gasteiger partial charge in [-0.1, -0.05) is 0 Å². The van der Waals surface area contributed by atoms with Crippen molar-refractivity contribution < 1.29 is 0 Å². The monoisotopic (exact) mass is 224 g/mol. The largest absolute Gasteiger partial charge is 0.315 e. The molecule has 1 saturated carbocycles. The maximum absolute atomic E-state index is 8.72. The summed E-state index contributed by atoms with van der Waals surface area (Å²) in [5, 5.41) is 12.3. The molecule has 2 fully saturated rings. The van der Waals surface area contributed by atoms with Gasteiger partial charge in [0.15, 0.2) is 0 Å². The molecular weight excluding hydrogens is 204 g/mol. The van der Waals surface area contributed by atoms with Crippen LogP contribution in [-0.2, 0) is 0 Å². The Morgan fingerprint density at radius 3 is 2.67 bits per heavy atom. The topological polar surface area (TPSA) is 35.8 Å². The van der Waals surface area contributed by atoms with Crippen LogP contribution in [0, 0.1) is 16.7 Å². The van der Waals surface area contributed by atoms with Gasteiger partial charge in [-0.2, -0.15) is 17.0 Å². The lowest BCUT2D eigenvalue weighted by atomic mass is 10.0. The number of rotatable bonds is 5. The van der Waals surface area contributed by atoms with Crippen molar-refractivity contribution in [1.29, 1.82) is 5.26 Å². The first kappa shape index (κ1) is 11.3. The molecule has 2 rings (SSSR count). The normalized spacial score (nSPS) is 32.5. The molecule has 2 aliphatic rings. The molecule has 1 saturated heterocycles. The van der Waals surface area contributed by atoms with Gasteiger partial charge in [-0.05, 0) is 43.8 Å². The summed E-state index contributed by atoms with van der Waals surface area (Å²) >= 11 is 2.10. The van der Waals surface area contributed by atoms with Crippen LogP contribution in [0.4, 0.5) is 0 Å². The van der Waals surface area contributed by atoms with Crippen molar-refractivity contribution in [3.8, 4) is 6.07 Å². The molecule has 1 unspecified atom stereocenters. The van der Waals surface area contributed by atoms with Gasteiger partial charge in [-0.15, -0.1) is 0 Å². The summed E-state index contributed by atoms with van der Waals surface area (Å²) in [7, 11) is 0. The van der Waals surface area contributed by atoms with Gasteiger partial charge in [-0.3, -0.25) is 0 Å². The predicted molar refractivity (Wildman–Crippen MR) is 64.9 cm³/mol. The lowest BCUT2D eigenvalue weighted by molar-refractivity contribution is 0.440. The number of thioether (sulfide) groups is 1. The van der Waals surface area contributed by atoms with Gasteiger partial charge >= 0.3 is 0 Å². The minimum atomic E-state index is 0.356. The molecule has 0 amide bonds. The molecule has 0 aromatic heterocycles. The highest BCUT2D eigenvalue weighted by atomic mass is 32.2. The van der Waals surface area contributed by atoms with Gasteiger partial charge in [-0.25, -0.2) is 0 Å². The summed E-state index contributed by atoms with van der Waals surface area (Å²) in [5.74, 6) is 1.32. The Bertz CT molecular complexity index is 259. The molecule has 1 N–H and O–H groups in total. The molecule has 15 heavy (non-hydrogen) atoms. The number of nitrogens with zero attached hydrogens (tertiary/aromatic N) is 1. The fraction of sp³-hybridized carbons (Fsp3) is 0.917. The van der Waals surface area contributed by atoms with Crippen LogP contribution >= 0.6 is 11.8 Å². The van der Waals surface area contributed by atoms with Crippen molar-refractivity contribution in [2.75, 3.05) is 18.8 Å². The Labute approximate surface area is 96.8 Å². The highest BCUT2D eigenvalue weighted by molar-refractivity contribution is 8.00. The van der Waals surface area contributed by atoms with Crippen molar-refractivity contribution >= 4 is 11.8 Å². The van der Waals surface area contributed by atoms with Crippen molar-refractivity contribution in [3.63, 3.8) is 0 Å². The van der Waals surface area contributed by atoms with Gasteiger partial charge in [0.1, 0.15) is 0 Å². The van der Waals surface area contributed by atoms with Gasteiger partial charge in [0.25, 0.3) is 0 Å². The van der Waals surface area contributed by atoms with Crippen molar-refractivity contribution in [1.82, 2.24) is 5.32 Å². The second-order valence-corrected chi connectivity index (χ2v) is 7.02. The fourth-order valence-corrected chi connectivity index (χ4v) is 3.60. The molecule has 1 aliphatic carbocycles. The smallest absolute Gasteiger partial charge is 0.0628 e. The Kier molecular flexibility index (Phi) is 3.27. The minimum absolute atomic E-state index is 0.356. The van der Waals surface area contributed by atoms with E-state index in [9.17, 15) is 0 Å². The minimum Gasteiger partial charge on any atom is -0.315 e. The second kappa shape index (κ2) is 4.35. The van der Waals surface area contributed by atoms with E-state index >= 15 is 0 Å². The van der Waals surface area contributed by atoms with Crippen molar-refractivity contribution in [2.24, 2.45) is 5.41 Å². The van der Waals surface area contributed by atoms with Gasteiger partial charge < -0.3 is 5.32 Å². The van der Waals surface area contributed by atoms with E-state index in [4.69, 9.17) is 5.26 Å². The first-order valence-electron chi connectivity index (χ1n) is 5.90. The maximum Gasteiger partial charge on any atom is 0.0628 e. The zero-order valence-electron chi connectivity index (χ0n) is 9.51. The van der Waals surface area contributed by atoms with Crippen LogP contribution in [0.15, 0.2) is 0 Å². The zero-order valence-corrected chi connectivity index (χ0v) is 10.3. The summed E-state index contributed by atoms with van der Waals surface area (Å²) < 4.78 is 0.461. The lowest BCUT2D eigenvalue weighted by Crippen LogP contribution is -2.36. The summed E-state index contributed by atoms with van der Waals surface area (Å²) in [4.78, 5) is 0. The first-order chi connectivity index (χ1) is 7.18. The molecule has 3 heteroatoms. The molecule has 0 aromatic rings. The number of nitriles is 1. The van der Waals surface area contributed by atoms with Crippen LogP contribution in [0.25, 0.3) is 0 Å². The van der Waals surface area contributed by atoms with E-state index in [2.05, 4.69) is 30.1 Å². The Morgan fingerprint density at radius 2 is 2.13 bits per heavy atom. The molecule has 1 heterocycles. The SMILES string of the molecule is CC1(CNCC2(CC#N)CC2)CCCS1.